The Labute approximate surface area is 157 Å². The van der Waals surface area contributed by atoms with Gasteiger partial charge in [-0.05, 0) is 13.8 Å². The molecule has 0 aromatic heterocycles. The largest absolute Gasteiger partial charge is 0.460 e. The van der Waals surface area contributed by atoms with Gasteiger partial charge < -0.3 is 4.43 Å². The Kier molecular flexibility index (Phi) is 7.29. The Balaban J connectivity index is 6.55. The molecule has 0 rings (SSSR count). The van der Waals surface area contributed by atoms with Gasteiger partial charge in [-0.25, -0.2) is 8.78 Å². The molecule has 0 aliphatic carbocycles. The first-order valence-electron chi connectivity index (χ1n) is 7.00. The molecular weight excluding hydrogens is 499 g/mol. The van der Waals surface area contributed by atoms with E-state index in [-0.39, 0.29) is 0 Å². The minimum Gasteiger partial charge on any atom is -0.414 e. The summed E-state index contributed by atoms with van der Waals surface area (Å²) in [6, 6.07) is 0. The predicted molar refractivity (Wildman–Crippen MR) is 65.4 cm³/mol. The van der Waals surface area contributed by atoms with Crippen molar-refractivity contribution in [2.75, 3.05) is 0 Å². The van der Waals surface area contributed by atoms with Crippen LogP contribution in [0.25, 0.3) is 0 Å². The molecule has 0 saturated heterocycles. The number of alkyl halides is 17. The fourth-order valence-electron chi connectivity index (χ4n) is 1.56. The highest BCUT2D eigenvalue weighted by atomic mass is 28.2. The van der Waals surface area contributed by atoms with Crippen LogP contribution in [0.2, 0.25) is 0 Å². The summed E-state index contributed by atoms with van der Waals surface area (Å²) in [6.45, 7) is 1.70. The van der Waals surface area contributed by atoms with E-state index >= 15 is 0 Å². The van der Waals surface area contributed by atoms with E-state index in [1.54, 1.807) is 0 Å². The van der Waals surface area contributed by atoms with Gasteiger partial charge in [-0.15, -0.1) is 0 Å². The Hall–Kier alpha value is -1.01. The highest BCUT2D eigenvalue weighted by Gasteiger charge is 2.95. The van der Waals surface area contributed by atoms with Gasteiger partial charge in [-0.3, -0.25) is 0 Å². The molecule has 0 fully saturated rings. The molecule has 0 radical (unpaired) electrons. The molecule has 0 amide bonds. The molecule has 0 saturated carbocycles. The molecule has 0 aromatic carbocycles. The summed E-state index contributed by atoms with van der Waals surface area (Å²) in [5.74, 6) is -49.6. The number of hydrogen-bond acceptors (Lipinski definition) is 1. The van der Waals surface area contributed by atoms with E-state index in [4.69, 9.17) is 0 Å². The average Bonchev–Trinajstić information content (AvgIpc) is 2.50. The molecule has 0 bridgehead atoms. The zero-order valence-electron chi connectivity index (χ0n) is 14.1. The molecule has 19 heteroatoms. The molecule has 0 spiro atoms. The van der Waals surface area contributed by atoms with Gasteiger partial charge in [0.05, 0.1) is 0 Å². The first kappa shape index (κ1) is 29.0. The lowest BCUT2D eigenvalue weighted by molar-refractivity contribution is -0.458. The second-order valence-electron chi connectivity index (χ2n) is 6.01. The van der Waals surface area contributed by atoms with Gasteiger partial charge in [-0.2, -0.15) is 65.9 Å². The SMILES string of the molecule is CC(C)O[SiH2]C(F)(F)C(F)(F)C(F)(F)C(F)(F)C(F)(F)C(F)(F)C(F)(F)C(F)(F)F. The molecule has 0 N–H and O–H groups in total. The maximum atomic E-state index is 13.4. The highest BCUT2D eigenvalue weighted by Crippen LogP contribution is 2.63. The molecular formula is C11H9F17OSi. The van der Waals surface area contributed by atoms with Crippen molar-refractivity contribution >= 4 is 9.76 Å². The topological polar surface area (TPSA) is 9.23 Å². The molecule has 0 heterocycles. The van der Waals surface area contributed by atoms with E-state index in [0.29, 0.717) is 0 Å². The molecule has 182 valence electrons. The average molecular weight is 508 g/mol. The van der Waals surface area contributed by atoms with E-state index in [0.717, 1.165) is 13.8 Å². The predicted octanol–water partition coefficient (Wildman–Crippen LogP) is 5.46. The number of hydrogen-bond donors (Lipinski definition) is 0. The fraction of sp³-hybridized carbons (Fsp3) is 1.00. The molecule has 0 aliphatic heterocycles. The van der Waals surface area contributed by atoms with Crippen LogP contribution in [0.3, 0.4) is 0 Å². The van der Waals surface area contributed by atoms with E-state index in [1.807, 2.05) is 0 Å². The maximum Gasteiger partial charge on any atom is 0.460 e. The minimum atomic E-state index is -8.59. The smallest absolute Gasteiger partial charge is 0.414 e. The number of halogens is 17. The zero-order valence-corrected chi connectivity index (χ0v) is 15.5. The van der Waals surface area contributed by atoms with E-state index < -0.39 is 63.1 Å². The first-order valence-corrected chi connectivity index (χ1v) is 8.28. The summed E-state index contributed by atoms with van der Waals surface area (Å²) >= 11 is 0. The summed E-state index contributed by atoms with van der Waals surface area (Å²) in [4.78, 5) is 0. The minimum absolute atomic E-state index is 0.849. The second-order valence-corrected chi connectivity index (χ2v) is 7.52. The number of rotatable bonds is 9. The lowest BCUT2D eigenvalue weighted by Gasteiger charge is -2.42. The van der Waals surface area contributed by atoms with Crippen LogP contribution in [0.15, 0.2) is 0 Å². The van der Waals surface area contributed by atoms with Gasteiger partial charge in [0.15, 0.2) is 0 Å². The van der Waals surface area contributed by atoms with E-state index in [1.165, 1.54) is 0 Å². The molecule has 1 nitrogen and oxygen atoms in total. The van der Waals surface area contributed by atoms with Crippen molar-refractivity contribution in [2.24, 2.45) is 0 Å². The Bertz CT molecular complexity index is 607. The van der Waals surface area contributed by atoms with Crippen LogP contribution in [-0.2, 0) is 4.43 Å². The van der Waals surface area contributed by atoms with Gasteiger partial charge >= 0.3 is 47.3 Å². The summed E-state index contributed by atoms with van der Waals surface area (Å²) < 4.78 is 224. The van der Waals surface area contributed by atoms with Crippen molar-refractivity contribution in [1.29, 1.82) is 0 Å². The van der Waals surface area contributed by atoms with Crippen LogP contribution < -0.4 is 0 Å². The zero-order chi connectivity index (χ0) is 25.0. The third kappa shape index (κ3) is 3.94. The summed E-state index contributed by atoms with van der Waals surface area (Å²) in [6.07, 6.45) is -9.17. The van der Waals surface area contributed by atoms with Gasteiger partial charge in [0.25, 0.3) is 0 Å². The summed E-state index contributed by atoms with van der Waals surface area (Å²) in [5.41, 5.74) is -6.36. The van der Waals surface area contributed by atoms with Crippen molar-refractivity contribution in [3.63, 3.8) is 0 Å². The third-order valence-corrected chi connectivity index (χ3v) is 5.02. The third-order valence-electron chi connectivity index (χ3n) is 3.39. The standard InChI is InChI=1S/C11H9F17OSi/c1-3(2)29-30-11(27,28)9(22,23)7(18,19)5(14,15)4(12,13)6(16,17)8(20,21)10(24,25)26/h3H,30H2,1-2H3. The summed E-state index contributed by atoms with van der Waals surface area (Å²) in [5, 5.41) is 0. The van der Waals surface area contributed by atoms with Gasteiger partial charge in [-0.1, -0.05) is 0 Å². The second kappa shape index (κ2) is 7.54. The van der Waals surface area contributed by atoms with Crippen LogP contribution in [0.1, 0.15) is 13.8 Å². The van der Waals surface area contributed by atoms with Crippen molar-refractivity contribution in [2.45, 2.75) is 67.2 Å². The van der Waals surface area contributed by atoms with Crippen molar-refractivity contribution in [3.05, 3.63) is 0 Å². The monoisotopic (exact) mass is 508 g/mol. The Morgan fingerprint density at radius 3 is 1.00 bits per heavy atom. The van der Waals surface area contributed by atoms with Crippen molar-refractivity contribution in [1.82, 2.24) is 0 Å². The van der Waals surface area contributed by atoms with Gasteiger partial charge in [0.2, 0.25) is 9.76 Å². The van der Waals surface area contributed by atoms with Crippen LogP contribution >= 0.6 is 0 Å². The van der Waals surface area contributed by atoms with E-state index in [9.17, 15) is 74.6 Å². The van der Waals surface area contributed by atoms with Gasteiger partial charge in [0, 0.05) is 6.10 Å². The Morgan fingerprint density at radius 1 is 0.467 bits per heavy atom. The summed E-state index contributed by atoms with van der Waals surface area (Å²) in [7, 11) is -4.34. The quantitative estimate of drug-likeness (QED) is 0.297. The van der Waals surface area contributed by atoms with Crippen molar-refractivity contribution in [3.8, 4) is 0 Å². The Morgan fingerprint density at radius 2 is 0.733 bits per heavy atom. The van der Waals surface area contributed by atoms with Crippen LogP contribution in [0.4, 0.5) is 74.6 Å². The molecule has 30 heavy (non-hydrogen) atoms. The lowest BCUT2D eigenvalue weighted by atomic mass is 9.91. The normalized spacial score (nSPS) is 16.8. The van der Waals surface area contributed by atoms with Crippen molar-refractivity contribution < 1.29 is 79.1 Å². The lowest BCUT2D eigenvalue weighted by Crippen LogP contribution is -2.75. The van der Waals surface area contributed by atoms with E-state index in [2.05, 4.69) is 4.43 Å². The molecule has 0 aromatic rings. The van der Waals surface area contributed by atoms with Crippen LogP contribution in [-0.4, -0.2) is 63.1 Å². The van der Waals surface area contributed by atoms with Crippen LogP contribution in [0.5, 0.6) is 0 Å². The molecule has 0 unspecified atom stereocenters. The fourth-order valence-corrected chi connectivity index (χ4v) is 2.50. The maximum absolute atomic E-state index is 13.4. The molecule has 0 atom stereocenters. The molecule has 0 aliphatic rings. The first-order chi connectivity index (χ1) is 12.7. The van der Waals surface area contributed by atoms with Crippen LogP contribution in [0, 0.1) is 0 Å². The van der Waals surface area contributed by atoms with Gasteiger partial charge in [0.1, 0.15) is 0 Å². The highest BCUT2D eigenvalue weighted by molar-refractivity contribution is 6.31.